The largest absolute Gasteiger partial charge is 0.389 e. The molecule has 0 heterocycles. The van der Waals surface area contributed by atoms with Gasteiger partial charge >= 0.3 is 0 Å². The molecule has 3 nitrogen and oxygen atoms in total. The maximum atomic E-state index is 14.1. The molecule has 2 aromatic carbocycles. The highest BCUT2D eigenvalue weighted by atomic mass is 19.1. The van der Waals surface area contributed by atoms with E-state index in [-0.39, 0.29) is 5.82 Å². The molecular weight excluding hydrogens is 267 g/mol. The van der Waals surface area contributed by atoms with Crippen LogP contribution in [0, 0.1) is 17.1 Å². The van der Waals surface area contributed by atoms with Gasteiger partial charge in [-0.3, -0.25) is 0 Å². The van der Waals surface area contributed by atoms with Crippen LogP contribution in [0.15, 0.2) is 42.5 Å². The first kappa shape index (κ1) is 15.0. The van der Waals surface area contributed by atoms with Crippen LogP contribution in [0.3, 0.4) is 0 Å². The van der Waals surface area contributed by atoms with Gasteiger partial charge in [-0.1, -0.05) is 18.2 Å². The van der Waals surface area contributed by atoms with E-state index in [1.165, 1.54) is 6.07 Å². The highest BCUT2D eigenvalue weighted by Gasteiger charge is 2.11. The Morgan fingerprint density at radius 3 is 2.67 bits per heavy atom. The van der Waals surface area contributed by atoms with Gasteiger partial charge in [0.15, 0.2) is 0 Å². The first-order valence-electron chi connectivity index (χ1n) is 6.69. The summed E-state index contributed by atoms with van der Waals surface area (Å²) >= 11 is 0. The molecule has 0 spiro atoms. The zero-order valence-electron chi connectivity index (χ0n) is 12.0. The maximum absolute atomic E-state index is 14.1. The third kappa shape index (κ3) is 3.59. The molecule has 2 aromatic rings. The SMILES string of the molecule is CC(O)c1ccc(N(C)Cc2cccc(C#N)c2)c(F)c1. The Morgan fingerprint density at radius 1 is 1.29 bits per heavy atom. The van der Waals surface area contributed by atoms with Crippen molar-refractivity contribution in [1.29, 1.82) is 5.26 Å². The second-order valence-electron chi connectivity index (χ2n) is 5.06. The van der Waals surface area contributed by atoms with E-state index in [1.54, 1.807) is 43.1 Å². The standard InChI is InChI=1S/C17H17FN2O/c1-12(21)15-6-7-17(16(18)9-15)20(2)11-14-5-3-4-13(8-14)10-19/h3-9,12,21H,11H2,1-2H3. The van der Waals surface area contributed by atoms with Crippen molar-refractivity contribution in [1.82, 2.24) is 0 Å². The van der Waals surface area contributed by atoms with E-state index >= 15 is 0 Å². The minimum atomic E-state index is -0.689. The monoisotopic (exact) mass is 284 g/mol. The van der Waals surface area contributed by atoms with Crippen molar-refractivity contribution >= 4 is 5.69 Å². The van der Waals surface area contributed by atoms with E-state index < -0.39 is 6.10 Å². The lowest BCUT2D eigenvalue weighted by Gasteiger charge is -2.21. The third-order valence-electron chi connectivity index (χ3n) is 3.34. The van der Waals surface area contributed by atoms with E-state index in [4.69, 9.17) is 5.26 Å². The molecule has 4 heteroatoms. The molecule has 0 saturated heterocycles. The van der Waals surface area contributed by atoms with Gasteiger partial charge in [0.2, 0.25) is 0 Å². The van der Waals surface area contributed by atoms with Gasteiger partial charge in [-0.05, 0) is 42.3 Å². The number of nitrogens with zero attached hydrogens (tertiary/aromatic N) is 2. The van der Waals surface area contributed by atoms with Crippen molar-refractivity contribution in [2.75, 3.05) is 11.9 Å². The summed E-state index contributed by atoms with van der Waals surface area (Å²) in [6, 6.07) is 14.1. The molecule has 0 bridgehead atoms. The lowest BCUT2D eigenvalue weighted by Crippen LogP contribution is -2.18. The van der Waals surface area contributed by atoms with Gasteiger partial charge in [-0.25, -0.2) is 4.39 Å². The van der Waals surface area contributed by atoms with Crippen LogP contribution in [0.5, 0.6) is 0 Å². The molecule has 21 heavy (non-hydrogen) atoms. The van der Waals surface area contributed by atoms with Crippen LogP contribution in [0.2, 0.25) is 0 Å². The van der Waals surface area contributed by atoms with Crippen LogP contribution < -0.4 is 4.90 Å². The maximum Gasteiger partial charge on any atom is 0.146 e. The van der Waals surface area contributed by atoms with E-state index in [1.807, 2.05) is 12.1 Å². The predicted octanol–water partition coefficient (Wildman–Crippen LogP) is 3.39. The van der Waals surface area contributed by atoms with E-state index in [0.29, 0.717) is 23.4 Å². The molecule has 0 aromatic heterocycles. The molecule has 2 rings (SSSR count). The predicted molar refractivity (Wildman–Crippen MR) is 80.3 cm³/mol. The summed E-state index contributed by atoms with van der Waals surface area (Å²) in [4.78, 5) is 1.78. The van der Waals surface area contributed by atoms with Crippen molar-refractivity contribution in [3.63, 3.8) is 0 Å². The molecule has 1 N–H and O–H groups in total. The molecule has 0 aliphatic rings. The number of anilines is 1. The number of halogens is 1. The fraction of sp³-hybridized carbons (Fsp3) is 0.235. The average Bonchev–Trinajstić information content (AvgIpc) is 2.47. The molecule has 0 aliphatic heterocycles. The average molecular weight is 284 g/mol. The molecule has 0 aliphatic carbocycles. The second kappa shape index (κ2) is 6.38. The Balaban J connectivity index is 2.20. The summed E-state index contributed by atoms with van der Waals surface area (Å²) in [6.45, 7) is 2.10. The van der Waals surface area contributed by atoms with Crippen LogP contribution >= 0.6 is 0 Å². The summed E-state index contributed by atoms with van der Waals surface area (Å²) in [5.41, 5.74) is 2.54. The highest BCUT2D eigenvalue weighted by Crippen LogP contribution is 2.24. The molecule has 0 fully saturated rings. The minimum Gasteiger partial charge on any atom is -0.389 e. The highest BCUT2D eigenvalue weighted by molar-refractivity contribution is 5.49. The molecule has 0 saturated carbocycles. The number of aliphatic hydroxyl groups is 1. The third-order valence-corrected chi connectivity index (χ3v) is 3.34. The van der Waals surface area contributed by atoms with Gasteiger partial charge in [0.05, 0.1) is 23.4 Å². The Morgan fingerprint density at radius 2 is 2.05 bits per heavy atom. The van der Waals surface area contributed by atoms with Crippen molar-refractivity contribution < 1.29 is 9.50 Å². The van der Waals surface area contributed by atoms with Crippen LogP contribution in [0.4, 0.5) is 10.1 Å². The lowest BCUT2D eigenvalue weighted by atomic mass is 10.1. The Kier molecular flexibility index (Phi) is 4.56. The number of aliphatic hydroxyl groups excluding tert-OH is 1. The summed E-state index contributed by atoms with van der Waals surface area (Å²) in [5, 5.41) is 18.4. The van der Waals surface area contributed by atoms with Crippen molar-refractivity contribution in [3.8, 4) is 6.07 Å². The second-order valence-corrected chi connectivity index (χ2v) is 5.06. The van der Waals surface area contributed by atoms with E-state index in [9.17, 15) is 9.50 Å². The first-order valence-corrected chi connectivity index (χ1v) is 6.69. The van der Waals surface area contributed by atoms with Crippen molar-refractivity contribution in [3.05, 3.63) is 65.0 Å². The topological polar surface area (TPSA) is 47.3 Å². The van der Waals surface area contributed by atoms with Gasteiger partial charge in [-0.2, -0.15) is 5.26 Å². The Hall–Kier alpha value is -2.38. The van der Waals surface area contributed by atoms with Gasteiger partial charge in [-0.15, -0.1) is 0 Å². The van der Waals surface area contributed by atoms with E-state index in [0.717, 1.165) is 5.56 Å². The molecule has 108 valence electrons. The van der Waals surface area contributed by atoms with Crippen LogP contribution in [-0.4, -0.2) is 12.2 Å². The Bertz CT molecular complexity index is 677. The summed E-state index contributed by atoms with van der Waals surface area (Å²) in [5.74, 6) is -0.368. The quantitative estimate of drug-likeness (QED) is 0.936. The van der Waals surface area contributed by atoms with Crippen LogP contribution in [-0.2, 0) is 6.54 Å². The molecule has 0 radical (unpaired) electrons. The zero-order valence-corrected chi connectivity index (χ0v) is 12.0. The fourth-order valence-electron chi connectivity index (χ4n) is 2.19. The number of rotatable bonds is 4. The fourth-order valence-corrected chi connectivity index (χ4v) is 2.19. The summed E-state index contributed by atoms with van der Waals surface area (Å²) < 4.78 is 14.1. The van der Waals surface area contributed by atoms with Crippen molar-refractivity contribution in [2.24, 2.45) is 0 Å². The number of hydrogen-bond acceptors (Lipinski definition) is 3. The molecular formula is C17H17FN2O. The summed E-state index contributed by atoms with van der Waals surface area (Å²) in [6.07, 6.45) is -0.689. The molecule has 1 atom stereocenters. The normalized spacial score (nSPS) is 11.8. The Labute approximate surface area is 123 Å². The van der Waals surface area contributed by atoms with Gasteiger partial charge in [0.25, 0.3) is 0 Å². The zero-order chi connectivity index (χ0) is 15.4. The van der Waals surface area contributed by atoms with Gasteiger partial charge in [0, 0.05) is 13.6 Å². The van der Waals surface area contributed by atoms with Gasteiger partial charge in [0.1, 0.15) is 5.82 Å². The number of nitriles is 1. The van der Waals surface area contributed by atoms with E-state index in [2.05, 4.69) is 6.07 Å². The van der Waals surface area contributed by atoms with Gasteiger partial charge < -0.3 is 10.0 Å². The van der Waals surface area contributed by atoms with Crippen molar-refractivity contribution in [2.45, 2.75) is 19.6 Å². The smallest absolute Gasteiger partial charge is 0.146 e. The lowest BCUT2D eigenvalue weighted by molar-refractivity contribution is 0.199. The number of hydrogen-bond donors (Lipinski definition) is 1. The summed E-state index contributed by atoms with van der Waals surface area (Å²) in [7, 11) is 1.79. The minimum absolute atomic E-state index is 0.368. The first-order chi connectivity index (χ1) is 10.0. The van der Waals surface area contributed by atoms with Crippen LogP contribution in [0.1, 0.15) is 29.7 Å². The molecule has 1 unspecified atom stereocenters. The molecule has 0 amide bonds. The number of benzene rings is 2. The van der Waals surface area contributed by atoms with Crippen LogP contribution in [0.25, 0.3) is 0 Å².